The van der Waals surface area contributed by atoms with Gasteiger partial charge in [0.15, 0.2) is 11.5 Å². The van der Waals surface area contributed by atoms with Crippen molar-refractivity contribution in [3.8, 4) is 11.5 Å². The second-order valence-corrected chi connectivity index (χ2v) is 5.39. The van der Waals surface area contributed by atoms with Gasteiger partial charge in [0.1, 0.15) is 0 Å². The number of carbonyl (C=O) groups is 2. The van der Waals surface area contributed by atoms with Crippen LogP contribution in [0.3, 0.4) is 0 Å². The number of aromatic hydroxyl groups is 1. The lowest BCUT2D eigenvalue weighted by Crippen LogP contribution is -2.38. The molecular weight excluding hydrogens is 326 g/mol. The van der Waals surface area contributed by atoms with Crippen LogP contribution in [0.15, 0.2) is 23.3 Å². The van der Waals surface area contributed by atoms with E-state index in [1.807, 2.05) is 13.8 Å². The van der Waals surface area contributed by atoms with E-state index in [4.69, 9.17) is 9.47 Å². The molecular formula is C17H25N3O5. The molecule has 0 radical (unpaired) electrons. The summed E-state index contributed by atoms with van der Waals surface area (Å²) in [6.07, 6.45) is 2.11. The number of phenols is 1. The Kier molecular flexibility index (Phi) is 9.02. The largest absolute Gasteiger partial charge is 0.504 e. The Hall–Kier alpha value is -2.61. The van der Waals surface area contributed by atoms with Crippen LogP contribution in [0.4, 0.5) is 0 Å². The van der Waals surface area contributed by atoms with Crippen molar-refractivity contribution in [2.75, 3.05) is 19.8 Å². The monoisotopic (exact) mass is 351 g/mol. The third-order valence-corrected chi connectivity index (χ3v) is 2.93. The van der Waals surface area contributed by atoms with Crippen molar-refractivity contribution in [1.82, 2.24) is 10.7 Å². The van der Waals surface area contributed by atoms with Crippen LogP contribution in [0.25, 0.3) is 0 Å². The van der Waals surface area contributed by atoms with Gasteiger partial charge in [-0.05, 0) is 51.0 Å². The minimum Gasteiger partial charge on any atom is -0.504 e. The summed E-state index contributed by atoms with van der Waals surface area (Å²) in [7, 11) is 0. The van der Waals surface area contributed by atoms with Crippen LogP contribution in [0.1, 0.15) is 32.8 Å². The molecule has 0 spiro atoms. The first-order valence-corrected chi connectivity index (χ1v) is 8.12. The number of hydrazone groups is 1. The Morgan fingerprint density at radius 1 is 1.32 bits per heavy atom. The van der Waals surface area contributed by atoms with Gasteiger partial charge in [0.05, 0.1) is 18.9 Å². The SMILES string of the molecule is CCOc1cc(/C=N\NC(=O)C(=O)NCCCOC(C)C)ccc1O. The second-order valence-electron chi connectivity index (χ2n) is 5.39. The standard InChI is InChI=1S/C17H25N3O5/c1-4-24-15-10-13(6-7-14(15)21)11-19-20-17(23)16(22)18-8-5-9-25-12(2)3/h6-7,10-12,21H,4-5,8-9H2,1-3H3,(H,18,22)(H,20,23)/b19-11-. The summed E-state index contributed by atoms with van der Waals surface area (Å²) in [5, 5.41) is 15.8. The first kappa shape index (κ1) is 20.4. The summed E-state index contributed by atoms with van der Waals surface area (Å²) in [5.74, 6) is -1.28. The topological polar surface area (TPSA) is 109 Å². The fourth-order valence-corrected chi connectivity index (χ4v) is 1.77. The summed E-state index contributed by atoms with van der Waals surface area (Å²) < 4.78 is 10.6. The molecule has 0 aliphatic rings. The van der Waals surface area contributed by atoms with Crippen LogP contribution in [-0.4, -0.2) is 49.0 Å². The highest BCUT2D eigenvalue weighted by atomic mass is 16.5. The van der Waals surface area contributed by atoms with E-state index in [0.29, 0.717) is 37.5 Å². The molecule has 0 bridgehead atoms. The summed E-state index contributed by atoms with van der Waals surface area (Å²) in [6.45, 7) is 6.92. The van der Waals surface area contributed by atoms with Crippen molar-refractivity contribution >= 4 is 18.0 Å². The second kappa shape index (κ2) is 11.0. The maximum Gasteiger partial charge on any atom is 0.329 e. The van der Waals surface area contributed by atoms with Gasteiger partial charge < -0.3 is 19.9 Å². The number of ether oxygens (including phenoxy) is 2. The number of carbonyl (C=O) groups excluding carboxylic acids is 2. The van der Waals surface area contributed by atoms with Crippen molar-refractivity contribution in [2.24, 2.45) is 5.10 Å². The predicted molar refractivity (Wildman–Crippen MR) is 93.7 cm³/mol. The maximum atomic E-state index is 11.6. The molecule has 0 unspecified atom stereocenters. The van der Waals surface area contributed by atoms with E-state index < -0.39 is 11.8 Å². The van der Waals surface area contributed by atoms with Gasteiger partial charge in [-0.3, -0.25) is 9.59 Å². The van der Waals surface area contributed by atoms with Gasteiger partial charge in [0.25, 0.3) is 0 Å². The van der Waals surface area contributed by atoms with E-state index in [1.165, 1.54) is 12.3 Å². The van der Waals surface area contributed by atoms with Crippen LogP contribution in [-0.2, 0) is 14.3 Å². The Morgan fingerprint density at radius 2 is 2.08 bits per heavy atom. The number of benzene rings is 1. The van der Waals surface area contributed by atoms with E-state index in [1.54, 1.807) is 19.1 Å². The van der Waals surface area contributed by atoms with E-state index in [9.17, 15) is 14.7 Å². The van der Waals surface area contributed by atoms with Crippen molar-refractivity contribution in [3.05, 3.63) is 23.8 Å². The third kappa shape index (κ3) is 8.16. The zero-order chi connectivity index (χ0) is 18.7. The summed E-state index contributed by atoms with van der Waals surface area (Å²) >= 11 is 0. The third-order valence-electron chi connectivity index (χ3n) is 2.93. The predicted octanol–water partition coefficient (Wildman–Crippen LogP) is 1.17. The highest BCUT2D eigenvalue weighted by molar-refractivity contribution is 6.35. The fourth-order valence-electron chi connectivity index (χ4n) is 1.77. The van der Waals surface area contributed by atoms with Crippen LogP contribution in [0, 0.1) is 0 Å². The average Bonchev–Trinajstić information content (AvgIpc) is 2.57. The molecule has 0 atom stereocenters. The number of phenolic OH excluding ortho intramolecular Hbond substituents is 1. The summed E-state index contributed by atoms with van der Waals surface area (Å²) in [6, 6.07) is 4.63. The number of rotatable bonds is 9. The van der Waals surface area contributed by atoms with E-state index in [2.05, 4.69) is 15.8 Å². The molecule has 0 saturated carbocycles. The van der Waals surface area contributed by atoms with E-state index >= 15 is 0 Å². The molecule has 0 saturated heterocycles. The zero-order valence-electron chi connectivity index (χ0n) is 14.7. The lowest BCUT2D eigenvalue weighted by atomic mass is 10.2. The molecule has 0 aromatic heterocycles. The van der Waals surface area contributed by atoms with Crippen LogP contribution in [0.5, 0.6) is 11.5 Å². The highest BCUT2D eigenvalue weighted by Gasteiger charge is 2.11. The molecule has 3 N–H and O–H groups in total. The molecule has 2 amide bonds. The van der Waals surface area contributed by atoms with Gasteiger partial charge in [-0.15, -0.1) is 0 Å². The van der Waals surface area contributed by atoms with E-state index in [-0.39, 0.29) is 11.9 Å². The van der Waals surface area contributed by atoms with Gasteiger partial charge in [-0.2, -0.15) is 5.10 Å². The fraction of sp³-hybridized carbons (Fsp3) is 0.471. The van der Waals surface area contributed by atoms with Crippen molar-refractivity contribution in [2.45, 2.75) is 33.3 Å². The Labute approximate surface area is 147 Å². The molecule has 25 heavy (non-hydrogen) atoms. The quantitative estimate of drug-likeness (QED) is 0.268. The first-order valence-electron chi connectivity index (χ1n) is 8.12. The van der Waals surface area contributed by atoms with Crippen LogP contribution >= 0.6 is 0 Å². The maximum absolute atomic E-state index is 11.6. The smallest absolute Gasteiger partial charge is 0.329 e. The summed E-state index contributed by atoms with van der Waals surface area (Å²) in [4.78, 5) is 23.2. The molecule has 1 aromatic carbocycles. The Bertz CT molecular complexity index is 602. The minimum atomic E-state index is -0.857. The minimum absolute atomic E-state index is 0.0175. The molecule has 8 nitrogen and oxygen atoms in total. The number of nitrogens with one attached hydrogen (secondary N) is 2. The highest BCUT2D eigenvalue weighted by Crippen LogP contribution is 2.26. The average molecular weight is 351 g/mol. The van der Waals surface area contributed by atoms with E-state index in [0.717, 1.165) is 0 Å². The molecule has 8 heteroatoms. The van der Waals surface area contributed by atoms with Crippen molar-refractivity contribution in [1.29, 1.82) is 0 Å². The number of nitrogens with zero attached hydrogens (tertiary/aromatic N) is 1. The summed E-state index contributed by atoms with van der Waals surface area (Å²) in [5.41, 5.74) is 2.74. The van der Waals surface area contributed by atoms with Crippen molar-refractivity contribution in [3.63, 3.8) is 0 Å². The zero-order valence-corrected chi connectivity index (χ0v) is 14.7. The molecule has 1 rings (SSSR count). The lowest BCUT2D eigenvalue weighted by molar-refractivity contribution is -0.139. The molecule has 1 aromatic rings. The lowest BCUT2D eigenvalue weighted by Gasteiger charge is -2.07. The van der Waals surface area contributed by atoms with Gasteiger partial charge in [-0.1, -0.05) is 0 Å². The van der Waals surface area contributed by atoms with Gasteiger partial charge in [0.2, 0.25) is 0 Å². The first-order chi connectivity index (χ1) is 11.9. The van der Waals surface area contributed by atoms with Crippen LogP contribution < -0.4 is 15.5 Å². The number of hydrogen-bond acceptors (Lipinski definition) is 6. The molecule has 138 valence electrons. The molecule has 0 heterocycles. The number of amides is 2. The van der Waals surface area contributed by atoms with Gasteiger partial charge in [0, 0.05) is 13.2 Å². The number of hydrogen-bond donors (Lipinski definition) is 3. The normalized spacial score (nSPS) is 10.9. The Balaban J connectivity index is 2.38. The molecule has 0 aliphatic carbocycles. The molecule has 0 fully saturated rings. The molecule has 0 aliphatic heterocycles. The van der Waals surface area contributed by atoms with Gasteiger partial charge >= 0.3 is 11.8 Å². The Morgan fingerprint density at radius 3 is 2.76 bits per heavy atom. The van der Waals surface area contributed by atoms with Gasteiger partial charge in [-0.25, -0.2) is 5.43 Å². The van der Waals surface area contributed by atoms with Crippen LogP contribution in [0.2, 0.25) is 0 Å². The van der Waals surface area contributed by atoms with Crippen molar-refractivity contribution < 1.29 is 24.2 Å².